The molecule has 0 bridgehead atoms. The van der Waals surface area contributed by atoms with Crippen molar-refractivity contribution in [3.05, 3.63) is 28.8 Å². The molecule has 2 rings (SSSR count). The molecule has 4 heteroatoms. The van der Waals surface area contributed by atoms with Gasteiger partial charge in [-0.3, -0.25) is 5.41 Å². The van der Waals surface area contributed by atoms with E-state index in [-0.39, 0.29) is 5.84 Å². The van der Waals surface area contributed by atoms with Gasteiger partial charge in [-0.2, -0.15) is 0 Å². The minimum Gasteiger partial charge on any atom is -0.384 e. The third-order valence-corrected chi connectivity index (χ3v) is 3.90. The van der Waals surface area contributed by atoms with Gasteiger partial charge in [0.05, 0.1) is 0 Å². The molecule has 1 aromatic carbocycles. The minimum absolute atomic E-state index is 0.0972. The second kappa shape index (κ2) is 5.61. The molecule has 98 valence electrons. The molecule has 1 aromatic rings. The molecule has 1 saturated carbocycles. The molecule has 18 heavy (non-hydrogen) atoms. The SMILES string of the molecule is CN(CC1CCCC1)c1cc(Cl)ccc1C(=N)N. The first kappa shape index (κ1) is 13.2. The third kappa shape index (κ3) is 2.96. The van der Waals surface area contributed by atoms with E-state index < -0.39 is 0 Å². The van der Waals surface area contributed by atoms with Crippen molar-refractivity contribution in [3.63, 3.8) is 0 Å². The number of halogens is 1. The predicted octanol–water partition coefficient (Wildman–Crippen LogP) is 3.25. The van der Waals surface area contributed by atoms with E-state index in [9.17, 15) is 0 Å². The van der Waals surface area contributed by atoms with Crippen molar-refractivity contribution in [1.29, 1.82) is 5.41 Å². The monoisotopic (exact) mass is 265 g/mol. The largest absolute Gasteiger partial charge is 0.384 e. The van der Waals surface area contributed by atoms with Gasteiger partial charge in [-0.15, -0.1) is 0 Å². The molecule has 0 aromatic heterocycles. The third-order valence-electron chi connectivity index (χ3n) is 3.67. The fourth-order valence-corrected chi connectivity index (χ4v) is 2.89. The van der Waals surface area contributed by atoms with Crippen LogP contribution in [0.3, 0.4) is 0 Å². The summed E-state index contributed by atoms with van der Waals surface area (Å²) in [6.45, 7) is 1.01. The molecular weight excluding hydrogens is 246 g/mol. The standard InChI is InChI=1S/C14H20ClN3/c1-18(9-10-4-2-3-5-10)13-8-11(15)6-7-12(13)14(16)17/h6-8,10H,2-5,9H2,1H3,(H3,16,17). The van der Waals surface area contributed by atoms with Crippen molar-refractivity contribution < 1.29 is 0 Å². The van der Waals surface area contributed by atoms with Crippen LogP contribution in [0, 0.1) is 11.3 Å². The summed E-state index contributed by atoms with van der Waals surface area (Å²) in [5.74, 6) is 0.855. The number of hydrogen-bond acceptors (Lipinski definition) is 2. The van der Waals surface area contributed by atoms with Gasteiger partial charge in [0.1, 0.15) is 5.84 Å². The highest BCUT2D eigenvalue weighted by Crippen LogP contribution is 2.29. The molecule has 0 heterocycles. The van der Waals surface area contributed by atoms with Crippen LogP contribution in [-0.2, 0) is 0 Å². The van der Waals surface area contributed by atoms with Crippen LogP contribution < -0.4 is 10.6 Å². The number of nitrogens with zero attached hydrogens (tertiary/aromatic N) is 1. The van der Waals surface area contributed by atoms with Gasteiger partial charge in [-0.05, 0) is 37.0 Å². The predicted molar refractivity (Wildman–Crippen MR) is 77.7 cm³/mol. The lowest BCUT2D eigenvalue weighted by molar-refractivity contribution is 0.547. The Morgan fingerprint density at radius 2 is 2.11 bits per heavy atom. The lowest BCUT2D eigenvalue weighted by Crippen LogP contribution is -2.27. The maximum absolute atomic E-state index is 7.63. The van der Waals surface area contributed by atoms with Gasteiger partial charge >= 0.3 is 0 Å². The van der Waals surface area contributed by atoms with Crippen molar-refractivity contribution >= 4 is 23.1 Å². The topological polar surface area (TPSA) is 53.1 Å². The number of nitrogens with one attached hydrogen (secondary N) is 1. The number of rotatable bonds is 4. The van der Waals surface area contributed by atoms with Crippen LogP contribution in [0.4, 0.5) is 5.69 Å². The summed E-state index contributed by atoms with van der Waals surface area (Å²) >= 11 is 6.04. The molecular formula is C14H20ClN3. The molecule has 0 amide bonds. The molecule has 3 N–H and O–H groups in total. The first-order valence-electron chi connectivity index (χ1n) is 6.43. The lowest BCUT2D eigenvalue weighted by Gasteiger charge is -2.25. The van der Waals surface area contributed by atoms with E-state index in [0.29, 0.717) is 5.02 Å². The number of benzene rings is 1. The Morgan fingerprint density at radius 1 is 1.44 bits per heavy atom. The number of hydrogen-bond donors (Lipinski definition) is 2. The molecule has 1 aliphatic carbocycles. The summed E-state index contributed by atoms with van der Waals surface area (Å²) in [6.07, 6.45) is 5.29. The van der Waals surface area contributed by atoms with E-state index in [2.05, 4.69) is 11.9 Å². The fourth-order valence-electron chi connectivity index (χ4n) is 2.73. The second-order valence-electron chi connectivity index (χ2n) is 5.11. The number of anilines is 1. The van der Waals surface area contributed by atoms with E-state index in [1.807, 2.05) is 12.1 Å². The normalized spacial score (nSPS) is 15.9. The van der Waals surface area contributed by atoms with E-state index in [4.69, 9.17) is 22.7 Å². The average molecular weight is 266 g/mol. The Kier molecular flexibility index (Phi) is 4.12. The van der Waals surface area contributed by atoms with Crippen LogP contribution in [0.25, 0.3) is 0 Å². The van der Waals surface area contributed by atoms with Crippen LogP contribution in [-0.4, -0.2) is 19.4 Å². The highest BCUT2D eigenvalue weighted by atomic mass is 35.5. The van der Waals surface area contributed by atoms with Crippen LogP contribution >= 0.6 is 11.6 Å². The van der Waals surface area contributed by atoms with Gasteiger partial charge in [0.2, 0.25) is 0 Å². The average Bonchev–Trinajstić information content (AvgIpc) is 2.81. The zero-order valence-corrected chi connectivity index (χ0v) is 11.5. The molecule has 0 spiro atoms. The molecule has 0 radical (unpaired) electrons. The first-order valence-corrected chi connectivity index (χ1v) is 6.81. The quantitative estimate of drug-likeness (QED) is 0.649. The Hall–Kier alpha value is -1.22. The molecule has 0 unspecified atom stereocenters. The summed E-state index contributed by atoms with van der Waals surface area (Å²) in [5, 5.41) is 8.32. The molecule has 0 aliphatic heterocycles. The van der Waals surface area contributed by atoms with Crippen LogP contribution in [0.15, 0.2) is 18.2 Å². The molecule has 3 nitrogen and oxygen atoms in total. The van der Waals surface area contributed by atoms with Gasteiger partial charge < -0.3 is 10.6 Å². The Labute approximate surface area is 113 Å². The molecule has 1 aliphatic rings. The lowest BCUT2D eigenvalue weighted by atomic mass is 10.1. The van der Waals surface area contributed by atoms with Gasteiger partial charge in [0, 0.05) is 29.9 Å². The van der Waals surface area contributed by atoms with Gasteiger partial charge in [-0.25, -0.2) is 0 Å². The summed E-state index contributed by atoms with van der Waals surface area (Å²) in [4.78, 5) is 2.18. The van der Waals surface area contributed by atoms with Crippen LogP contribution in [0.5, 0.6) is 0 Å². The van der Waals surface area contributed by atoms with Crippen LogP contribution in [0.2, 0.25) is 5.02 Å². The Balaban J connectivity index is 2.19. The zero-order chi connectivity index (χ0) is 13.1. The van der Waals surface area contributed by atoms with E-state index in [0.717, 1.165) is 23.7 Å². The first-order chi connectivity index (χ1) is 8.58. The fraction of sp³-hybridized carbons (Fsp3) is 0.500. The van der Waals surface area contributed by atoms with Crippen molar-refractivity contribution in [2.45, 2.75) is 25.7 Å². The Morgan fingerprint density at radius 3 is 2.72 bits per heavy atom. The van der Waals surface area contributed by atoms with E-state index >= 15 is 0 Å². The van der Waals surface area contributed by atoms with E-state index in [1.165, 1.54) is 25.7 Å². The number of nitrogens with two attached hydrogens (primary N) is 1. The van der Waals surface area contributed by atoms with Gasteiger partial charge in [0.15, 0.2) is 0 Å². The van der Waals surface area contributed by atoms with Crippen molar-refractivity contribution in [3.8, 4) is 0 Å². The number of nitrogen functional groups attached to an aromatic ring is 1. The second-order valence-corrected chi connectivity index (χ2v) is 5.54. The highest BCUT2D eigenvalue weighted by molar-refractivity contribution is 6.31. The number of amidine groups is 1. The van der Waals surface area contributed by atoms with E-state index in [1.54, 1.807) is 6.07 Å². The van der Waals surface area contributed by atoms with Gasteiger partial charge in [-0.1, -0.05) is 24.4 Å². The summed E-state index contributed by atoms with van der Waals surface area (Å²) < 4.78 is 0. The smallest absolute Gasteiger partial charge is 0.124 e. The molecule has 0 atom stereocenters. The minimum atomic E-state index is 0.0972. The summed E-state index contributed by atoms with van der Waals surface area (Å²) in [6, 6.07) is 5.50. The van der Waals surface area contributed by atoms with Crippen LogP contribution in [0.1, 0.15) is 31.2 Å². The van der Waals surface area contributed by atoms with Crippen molar-refractivity contribution in [1.82, 2.24) is 0 Å². The highest BCUT2D eigenvalue weighted by Gasteiger charge is 2.19. The Bertz CT molecular complexity index is 439. The summed E-state index contributed by atoms with van der Waals surface area (Å²) in [5.41, 5.74) is 7.35. The summed E-state index contributed by atoms with van der Waals surface area (Å²) in [7, 11) is 2.05. The molecule has 1 fully saturated rings. The maximum Gasteiger partial charge on any atom is 0.124 e. The van der Waals surface area contributed by atoms with Crippen molar-refractivity contribution in [2.24, 2.45) is 11.7 Å². The van der Waals surface area contributed by atoms with Gasteiger partial charge in [0.25, 0.3) is 0 Å². The zero-order valence-electron chi connectivity index (χ0n) is 10.7. The molecule has 0 saturated heterocycles. The van der Waals surface area contributed by atoms with Crippen molar-refractivity contribution in [2.75, 3.05) is 18.5 Å². The maximum atomic E-state index is 7.63.